The van der Waals surface area contributed by atoms with Crippen LogP contribution in [-0.2, 0) is 0 Å². The first-order valence-corrected chi connectivity index (χ1v) is 7.21. The van der Waals surface area contributed by atoms with Crippen molar-refractivity contribution >= 4 is 29.1 Å². The number of hydrogen-bond donors (Lipinski definition) is 1. The lowest BCUT2D eigenvalue weighted by Crippen LogP contribution is -2.01. The normalized spacial score (nSPS) is 10.4. The maximum atomic E-state index is 6.29. The summed E-state index contributed by atoms with van der Waals surface area (Å²) in [5, 5.41) is 0. The summed E-state index contributed by atoms with van der Waals surface area (Å²) in [7, 11) is 0. The first-order valence-electron chi connectivity index (χ1n) is 7.21. The van der Waals surface area contributed by atoms with Crippen molar-refractivity contribution in [2.45, 2.75) is 0 Å². The molecule has 0 aliphatic carbocycles. The van der Waals surface area contributed by atoms with Gasteiger partial charge in [0.05, 0.1) is 22.4 Å². The smallest absolute Gasteiger partial charge is 0.100 e. The Balaban J connectivity index is 0.00000156. The SMILES string of the molecule is Cl.Nc1cccc(-c2ccccc2)c1-n1cnc2ccccc21. The van der Waals surface area contributed by atoms with E-state index in [0.29, 0.717) is 0 Å². The van der Waals surface area contributed by atoms with Crippen LogP contribution in [0.5, 0.6) is 0 Å². The van der Waals surface area contributed by atoms with Gasteiger partial charge in [-0.15, -0.1) is 12.4 Å². The minimum absolute atomic E-state index is 0. The van der Waals surface area contributed by atoms with Crippen molar-refractivity contribution in [3.63, 3.8) is 0 Å². The molecule has 3 aromatic carbocycles. The molecule has 0 aliphatic rings. The van der Waals surface area contributed by atoms with Gasteiger partial charge in [0.15, 0.2) is 0 Å². The molecule has 0 unspecified atom stereocenters. The van der Waals surface area contributed by atoms with Crippen LogP contribution >= 0.6 is 12.4 Å². The van der Waals surface area contributed by atoms with E-state index in [1.165, 1.54) is 0 Å². The second-order valence-corrected chi connectivity index (χ2v) is 5.21. The topological polar surface area (TPSA) is 43.8 Å². The zero-order valence-electron chi connectivity index (χ0n) is 12.4. The van der Waals surface area contributed by atoms with Gasteiger partial charge in [-0.05, 0) is 23.8 Å². The third kappa shape index (κ3) is 2.56. The molecule has 2 N–H and O–H groups in total. The van der Waals surface area contributed by atoms with Crippen molar-refractivity contribution in [2.75, 3.05) is 5.73 Å². The molecule has 0 spiro atoms. The molecule has 4 rings (SSSR count). The van der Waals surface area contributed by atoms with Crippen LogP contribution in [0.25, 0.3) is 27.8 Å². The van der Waals surface area contributed by atoms with Gasteiger partial charge in [0, 0.05) is 5.56 Å². The van der Waals surface area contributed by atoms with E-state index in [4.69, 9.17) is 5.73 Å². The summed E-state index contributed by atoms with van der Waals surface area (Å²) in [5.41, 5.74) is 12.3. The molecule has 1 aromatic heterocycles. The van der Waals surface area contributed by atoms with Gasteiger partial charge in [-0.3, -0.25) is 4.57 Å². The number of nitrogen functional groups attached to an aromatic ring is 1. The number of nitrogens with two attached hydrogens (primary N) is 1. The summed E-state index contributed by atoms with van der Waals surface area (Å²) in [5.74, 6) is 0. The van der Waals surface area contributed by atoms with Crippen LogP contribution in [0.3, 0.4) is 0 Å². The number of benzene rings is 3. The highest BCUT2D eigenvalue weighted by Crippen LogP contribution is 2.33. The average Bonchev–Trinajstić information content (AvgIpc) is 2.99. The summed E-state index contributed by atoms with van der Waals surface area (Å²) in [4.78, 5) is 4.48. The summed E-state index contributed by atoms with van der Waals surface area (Å²) < 4.78 is 2.06. The molecule has 0 saturated heterocycles. The van der Waals surface area contributed by atoms with E-state index in [9.17, 15) is 0 Å². The van der Waals surface area contributed by atoms with Gasteiger partial charge in [-0.2, -0.15) is 0 Å². The Morgan fingerprint density at radius 1 is 0.783 bits per heavy atom. The van der Waals surface area contributed by atoms with Crippen molar-refractivity contribution < 1.29 is 0 Å². The standard InChI is InChI=1S/C19H15N3.ClH/c20-16-10-6-9-15(14-7-2-1-3-8-14)19(16)22-13-21-17-11-4-5-12-18(17)22;/h1-13H,20H2;1H. The lowest BCUT2D eigenvalue weighted by molar-refractivity contribution is 1.10. The molecule has 0 radical (unpaired) electrons. The van der Waals surface area contributed by atoms with Crippen LogP contribution in [0.1, 0.15) is 0 Å². The van der Waals surface area contributed by atoms with Crippen LogP contribution in [0.15, 0.2) is 79.1 Å². The number of rotatable bonds is 2. The van der Waals surface area contributed by atoms with Gasteiger partial charge in [0.1, 0.15) is 6.33 Å². The Morgan fingerprint density at radius 3 is 2.35 bits per heavy atom. The largest absolute Gasteiger partial charge is 0.397 e. The fraction of sp³-hybridized carbons (Fsp3) is 0. The third-order valence-electron chi connectivity index (χ3n) is 3.85. The zero-order valence-corrected chi connectivity index (χ0v) is 13.2. The van der Waals surface area contributed by atoms with E-state index in [-0.39, 0.29) is 12.4 Å². The van der Waals surface area contributed by atoms with Crippen LogP contribution < -0.4 is 5.73 Å². The molecule has 4 aromatic rings. The highest BCUT2D eigenvalue weighted by molar-refractivity contribution is 5.86. The van der Waals surface area contributed by atoms with Crippen molar-refractivity contribution in [1.82, 2.24) is 9.55 Å². The molecule has 1 heterocycles. The molecule has 0 atom stereocenters. The number of aromatic nitrogens is 2. The maximum absolute atomic E-state index is 6.29. The molecule has 3 nitrogen and oxygen atoms in total. The zero-order chi connectivity index (χ0) is 14.9. The second kappa shape index (κ2) is 6.15. The monoisotopic (exact) mass is 321 g/mol. The molecular weight excluding hydrogens is 306 g/mol. The molecule has 0 amide bonds. The number of hydrogen-bond acceptors (Lipinski definition) is 2. The number of imidazole rings is 1. The predicted molar refractivity (Wildman–Crippen MR) is 98.2 cm³/mol. The Morgan fingerprint density at radius 2 is 1.52 bits per heavy atom. The number of nitrogens with zero attached hydrogens (tertiary/aromatic N) is 2. The third-order valence-corrected chi connectivity index (χ3v) is 3.85. The first-order chi connectivity index (χ1) is 10.8. The Kier molecular flexibility index (Phi) is 4.04. The van der Waals surface area contributed by atoms with Crippen molar-refractivity contribution in [3.05, 3.63) is 79.1 Å². The van der Waals surface area contributed by atoms with E-state index in [1.807, 2.05) is 54.9 Å². The van der Waals surface area contributed by atoms with Crippen LogP contribution in [0, 0.1) is 0 Å². The molecule has 23 heavy (non-hydrogen) atoms. The van der Waals surface area contributed by atoms with Gasteiger partial charge in [-0.1, -0.05) is 54.6 Å². The van der Waals surface area contributed by atoms with Gasteiger partial charge in [-0.25, -0.2) is 4.98 Å². The minimum atomic E-state index is 0. The predicted octanol–water partition coefficient (Wildman–Crippen LogP) is 4.70. The fourth-order valence-electron chi connectivity index (χ4n) is 2.82. The number of anilines is 1. The Bertz CT molecular complexity index is 945. The number of para-hydroxylation sites is 3. The highest BCUT2D eigenvalue weighted by atomic mass is 35.5. The second-order valence-electron chi connectivity index (χ2n) is 5.21. The van der Waals surface area contributed by atoms with Crippen molar-refractivity contribution in [3.8, 4) is 16.8 Å². The van der Waals surface area contributed by atoms with E-state index >= 15 is 0 Å². The summed E-state index contributed by atoms with van der Waals surface area (Å²) in [6.45, 7) is 0. The number of fused-ring (bicyclic) bond motifs is 1. The van der Waals surface area contributed by atoms with Crippen molar-refractivity contribution in [1.29, 1.82) is 0 Å². The highest BCUT2D eigenvalue weighted by Gasteiger charge is 2.12. The average molecular weight is 322 g/mol. The summed E-state index contributed by atoms with van der Waals surface area (Å²) >= 11 is 0. The van der Waals surface area contributed by atoms with Gasteiger partial charge >= 0.3 is 0 Å². The summed E-state index contributed by atoms with van der Waals surface area (Å²) in [6.07, 6.45) is 1.84. The van der Waals surface area contributed by atoms with E-state index in [2.05, 4.69) is 33.8 Å². The van der Waals surface area contributed by atoms with E-state index in [0.717, 1.165) is 33.5 Å². The van der Waals surface area contributed by atoms with Crippen molar-refractivity contribution in [2.24, 2.45) is 0 Å². The van der Waals surface area contributed by atoms with E-state index in [1.54, 1.807) is 0 Å². The number of halogens is 1. The minimum Gasteiger partial charge on any atom is -0.397 e. The van der Waals surface area contributed by atoms with Gasteiger partial charge < -0.3 is 5.73 Å². The quantitative estimate of drug-likeness (QED) is 0.544. The lowest BCUT2D eigenvalue weighted by Gasteiger charge is -2.14. The molecule has 114 valence electrons. The van der Waals surface area contributed by atoms with Crippen LogP contribution in [-0.4, -0.2) is 9.55 Å². The molecule has 0 fully saturated rings. The van der Waals surface area contributed by atoms with Crippen LogP contribution in [0.2, 0.25) is 0 Å². The summed E-state index contributed by atoms with van der Waals surface area (Å²) in [6, 6.07) is 24.4. The fourth-order valence-corrected chi connectivity index (χ4v) is 2.82. The molecule has 0 bridgehead atoms. The van der Waals surface area contributed by atoms with Gasteiger partial charge in [0.2, 0.25) is 0 Å². The molecule has 0 aliphatic heterocycles. The maximum Gasteiger partial charge on any atom is 0.100 e. The van der Waals surface area contributed by atoms with Crippen LogP contribution in [0.4, 0.5) is 5.69 Å². The Hall–Kier alpha value is -2.78. The van der Waals surface area contributed by atoms with Gasteiger partial charge in [0.25, 0.3) is 0 Å². The molecule has 0 saturated carbocycles. The molecular formula is C19H16ClN3. The lowest BCUT2D eigenvalue weighted by atomic mass is 10.0. The Labute approximate surface area is 140 Å². The molecule has 4 heteroatoms. The first kappa shape index (κ1) is 15.1. The van der Waals surface area contributed by atoms with E-state index < -0.39 is 0 Å².